The molecule has 2 aromatic rings. The number of hydrogen-bond donors (Lipinski definition) is 1. The third-order valence-electron chi connectivity index (χ3n) is 6.33. The van der Waals surface area contributed by atoms with E-state index in [4.69, 9.17) is 9.73 Å². The average molecular weight is 475 g/mol. The topological polar surface area (TPSA) is 84.8 Å². The number of hydrogen-bond acceptors (Lipinski definition) is 7. The number of nitrogens with one attached hydrogen (secondary N) is 1. The van der Waals surface area contributed by atoms with Crippen molar-refractivity contribution < 1.29 is 19.1 Å². The number of ether oxygens (including phenoxy) is 1. The first kappa shape index (κ1) is 22.6. The van der Waals surface area contributed by atoms with Gasteiger partial charge in [0.05, 0.1) is 23.6 Å². The number of esters is 1. The molecule has 34 heavy (non-hydrogen) atoms. The van der Waals surface area contributed by atoms with Crippen LogP contribution in [-0.4, -0.2) is 41.6 Å². The summed E-state index contributed by atoms with van der Waals surface area (Å²) in [6.07, 6.45) is 1.52. The molecular weight excluding hydrogens is 448 g/mol. The van der Waals surface area contributed by atoms with E-state index in [-0.39, 0.29) is 23.0 Å². The van der Waals surface area contributed by atoms with Crippen molar-refractivity contribution >= 4 is 40.7 Å². The van der Waals surface area contributed by atoms with E-state index in [0.29, 0.717) is 40.3 Å². The highest BCUT2D eigenvalue weighted by Gasteiger charge is 2.38. The normalized spacial score (nSPS) is 20.7. The van der Waals surface area contributed by atoms with E-state index in [1.807, 2.05) is 6.07 Å². The fourth-order valence-electron chi connectivity index (χ4n) is 4.86. The van der Waals surface area contributed by atoms with Gasteiger partial charge in [0.2, 0.25) is 0 Å². The number of rotatable bonds is 4. The van der Waals surface area contributed by atoms with Gasteiger partial charge in [-0.25, -0.2) is 4.79 Å². The summed E-state index contributed by atoms with van der Waals surface area (Å²) in [6, 6.07) is 11.8. The summed E-state index contributed by atoms with van der Waals surface area (Å²) in [7, 11) is 0. The molecule has 1 aliphatic heterocycles. The molecule has 7 heteroatoms. The Labute approximate surface area is 202 Å². The second-order valence-corrected chi connectivity index (χ2v) is 10.6. The lowest BCUT2D eigenvalue weighted by Crippen LogP contribution is -2.35. The molecule has 174 valence electrons. The fourth-order valence-corrected chi connectivity index (χ4v) is 5.99. The summed E-state index contributed by atoms with van der Waals surface area (Å²) in [6.45, 7) is 6.46. The highest BCUT2D eigenvalue weighted by molar-refractivity contribution is 8.04. The molecule has 2 aromatic carbocycles. The molecular formula is C27H26N2O4S. The van der Waals surface area contributed by atoms with Gasteiger partial charge in [-0.05, 0) is 31.2 Å². The number of benzene rings is 2. The first-order valence-corrected chi connectivity index (χ1v) is 12.5. The van der Waals surface area contributed by atoms with Crippen molar-refractivity contribution in [1.29, 1.82) is 0 Å². The molecule has 1 atom stereocenters. The predicted molar refractivity (Wildman–Crippen MR) is 134 cm³/mol. The number of nitrogens with zero attached hydrogens (tertiary/aromatic N) is 1. The Bertz CT molecular complexity index is 1290. The third-order valence-corrected chi connectivity index (χ3v) is 7.58. The van der Waals surface area contributed by atoms with Crippen molar-refractivity contribution in [2.45, 2.75) is 39.7 Å². The van der Waals surface area contributed by atoms with Gasteiger partial charge < -0.3 is 10.1 Å². The molecule has 0 radical (unpaired) electrons. The Kier molecular flexibility index (Phi) is 5.68. The minimum atomic E-state index is -0.501. The van der Waals surface area contributed by atoms with Crippen molar-refractivity contribution in [2.24, 2.45) is 10.4 Å². The first-order chi connectivity index (χ1) is 16.3. The highest BCUT2D eigenvalue weighted by Crippen LogP contribution is 2.44. The van der Waals surface area contributed by atoms with Crippen LogP contribution in [0.3, 0.4) is 0 Å². The smallest absolute Gasteiger partial charge is 0.331 e. The largest absolute Gasteiger partial charge is 0.464 e. The third kappa shape index (κ3) is 3.88. The molecule has 1 N–H and O–H groups in total. The number of carbonyl (C=O) groups is 3. The molecule has 0 bridgehead atoms. The van der Waals surface area contributed by atoms with E-state index < -0.39 is 6.04 Å². The van der Waals surface area contributed by atoms with Crippen LogP contribution in [0.25, 0.3) is 0 Å². The van der Waals surface area contributed by atoms with Gasteiger partial charge in [-0.3, -0.25) is 14.6 Å². The van der Waals surface area contributed by atoms with Crippen LogP contribution in [0.2, 0.25) is 0 Å². The lowest BCUT2D eigenvalue weighted by Gasteiger charge is -2.37. The number of allylic oxidation sites excluding steroid dienone is 2. The summed E-state index contributed by atoms with van der Waals surface area (Å²) >= 11 is 1.60. The molecule has 6 nitrogen and oxygen atoms in total. The summed E-state index contributed by atoms with van der Waals surface area (Å²) in [4.78, 5) is 44.6. The Balaban J connectivity index is 1.55. The SMILES string of the molecule is CCOC(=O)C1CSC2=C(Nc3cccc4c3C(=O)c3ccccc3C4=O)CC(C)(C)CC2=N1. The van der Waals surface area contributed by atoms with Crippen LogP contribution in [0.15, 0.2) is 58.1 Å². The number of thioether (sulfide) groups is 1. The molecule has 0 aromatic heterocycles. The number of anilines is 1. The molecule has 0 amide bonds. The maximum absolute atomic E-state index is 13.4. The number of fused-ring (bicyclic) bond motifs is 3. The standard InChI is InChI=1S/C27H26N2O4S/c1-4-33-26(32)21-14-34-25-19(12-27(2,3)13-20(25)29-21)28-18-11-7-10-17-22(18)24(31)16-9-6-5-8-15(16)23(17)30/h5-11,21,28H,4,12-14H2,1-3H3. The van der Waals surface area contributed by atoms with Crippen molar-refractivity contribution in [3.8, 4) is 0 Å². The zero-order chi connectivity index (χ0) is 24.0. The molecule has 0 spiro atoms. The monoisotopic (exact) mass is 474 g/mol. The zero-order valence-corrected chi connectivity index (χ0v) is 20.3. The van der Waals surface area contributed by atoms with E-state index in [1.165, 1.54) is 0 Å². The quantitative estimate of drug-likeness (QED) is 0.534. The Hall–Kier alpha value is -3.19. The van der Waals surface area contributed by atoms with Crippen LogP contribution in [0.1, 0.15) is 65.5 Å². The number of ketones is 2. The van der Waals surface area contributed by atoms with E-state index in [0.717, 1.165) is 29.2 Å². The molecule has 3 aliphatic rings. The van der Waals surface area contributed by atoms with Crippen LogP contribution in [-0.2, 0) is 9.53 Å². The van der Waals surface area contributed by atoms with Crippen LogP contribution in [0, 0.1) is 5.41 Å². The van der Waals surface area contributed by atoms with Crippen molar-refractivity contribution in [3.05, 3.63) is 75.3 Å². The molecule has 1 heterocycles. The molecule has 1 unspecified atom stereocenters. The van der Waals surface area contributed by atoms with Gasteiger partial charge in [0.25, 0.3) is 0 Å². The predicted octanol–water partition coefficient (Wildman–Crippen LogP) is 5.03. The van der Waals surface area contributed by atoms with Crippen LogP contribution in [0.5, 0.6) is 0 Å². The highest BCUT2D eigenvalue weighted by atomic mass is 32.2. The summed E-state index contributed by atoms with van der Waals surface area (Å²) in [5, 5.41) is 3.50. The minimum Gasteiger partial charge on any atom is -0.464 e. The first-order valence-electron chi connectivity index (χ1n) is 11.5. The van der Waals surface area contributed by atoms with Crippen molar-refractivity contribution in [2.75, 3.05) is 17.7 Å². The fraction of sp³-hybridized carbons (Fsp3) is 0.333. The van der Waals surface area contributed by atoms with Gasteiger partial charge in [-0.1, -0.05) is 50.2 Å². The van der Waals surface area contributed by atoms with E-state index in [2.05, 4.69) is 19.2 Å². The lowest BCUT2D eigenvalue weighted by atomic mass is 9.78. The van der Waals surface area contributed by atoms with Crippen LogP contribution >= 0.6 is 11.8 Å². The second kappa shape index (κ2) is 8.55. The van der Waals surface area contributed by atoms with E-state index in [9.17, 15) is 14.4 Å². The molecule has 0 saturated carbocycles. The Morgan fingerprint density at radius 1 is 1.06 bits per heavy atom. The molecule has 0 saturated heterocycles. The van der Waals surface area contributed by atoms with E-state index >= 15 is 0 Å². The second-order valence-electron chi connectivity index (χ2n) is 9.54. The van der Waals surface area contributed by atoms with Gasteiger partial charge in [0.15, 0.2) is 17.6 Å². The maximum atomic E-state index is 13.4. The van der Waals surface area contributed by atoms with Crippen LogP contribution in [0.4, 0.5) is 5.69 Å². The van der Waals surface area contributed by atoms with Crippen LogP contribution < -0.4 is 5.32 Å². The number of carbonyl (C=O) groups excluding carboxylic acids is 3. The molecule has 5 rings (SSSR count). The number of aliphatic imine (C=N–C) groups is 1. The Morgan fingerprint density at radius 2 is 1.76 bits per heavy atom. The van der Waals surface area contributed by atoms with Crippen molar-refractivity contribution in [3.63, 3.8) is 0 Å². The van der Waals surface area contributed by atoms with Gasteiger partial charge in [0, 0.05) is 33.0 Å². The maximum Gasteiger partial charge on any atom is 0.331 e. The summed E-state index contributed by atoms with van der Waals surface area (Å²) < 4.78 is 5.19. The average Bonchev–Trinajstić information content (AvgIpc) is 2.81. The van der Waals surface area contributed by atoms with Gasteiger partial charge in [0.1, 0.15) is 0 Å². The molecule has 2 aliphatic carbocycles. The van der Waals surface area contributed by atoms with Gasteiger partial charge in [-0.2, -0.15) is 0 Å². The summed E-state index contributed by atoms with van der Waals surface area (Å²) in [5.41, 5.74) is 4.11. The minimum absolute atomic E-state index is 0.0803. The lowest BCUT2D eigenvalue weighted by molar-refractivity contribution is -0.144. The van der Waals surface area contributed by atoms with E-state index in [1.54, 1.807) is 55.1 Å². The van der Waals surface area contributed by atoms with Crippen molar-refractivity contribution in [1.82, 2.24) is 0 Å². The summed E-state index contributed by atoms with van der Waals surface area (Å²) in [5.74, 6) is -0.0658. The van der Waals surface area contributed by atoms with Gasteiger partial charge >= 0.3 is 5.97 Å². The van der Waals surface area contributed by atoms with Gasteiger partial charge in [-0.15, -0.1) is 11.8 Å². The zero-order valence-electron chi connectivity index (χ0n) is 19.4. The molecule has 0 fully saturated rings. The Morgan fingerprint density at radius 3 is 2.50 bits per heavy atom.